The summed E-state index contributed by atoms with van der Waals surface area (Å²) >= 11 is 0. The van der Waals surface area contributed by atoms with E-state index < -0.39 is 0 Å². The number of rotatable bonds is 2. The van der Waals surface area contributed by atoms with E-state index in [2.05, 4.69) is 16.7 Å². The summed E-state index contributed by atoms with van der Waals surface area (Å²) in [6.45, 7) is 2.52. The Morgan fingerprint density at radius 3 is 2.92 bits per heavy atom. The van der Waals surface area contributed by atoms with Gasteiger partial charge >= 0.3 is 6.03 Å². The van der Waals surface area contributed by atoms with E-state index in [9.17, 15) is 4.79 Å². The number of amides is 2. The molecule has 0 radical (unpaired) electrons. The van der Waals surface area contributed by atoms with E-state index in [1.165, 1.54) is 0 Å². The van der Waals surface area contributed by atoms with Crippen LogP contribution in [-0.4, -0.2) is 18.6 Å². The van der Waals surface area contributed by atoms with Crippen LogP contribution in [0.5, 0.6) is 0 Å². The summed E-state index contributed by atoms with van der Waals surface area (Å²) in [5.41, 5.74) is 0. The number of carbonyl (C=O) groups excluding carboxylic acids is 1. The first-order valence-electron chi connectivity index (χ1n) is 4.70. The van der Waals surface area contributed by atoms with Crippen molar-refractivity contribution in [3.05, 3.63) is 0 Å². The molecule has 4 heteroatoms. The van der Waals surface area contributed by atoms with Gasteiger partial charge in [-0.1, -0.05) is 0 Å². The van der Waals surface area contributed by atoms with E-state index in [-0.39, 0.29) is 18.0 Å². The molecule has 4 nitrogen and oxygen atoms in total. The summed E-state index contributed by atoms with van der Waals surface area (Å²) in [6, 6.07) is 2.30. The van der Waals surface area contributed by atoms with Crippen molar-refractivity contribution in [2.75, 3.05) is 6.54 Å². The van der Waals surface area contributed by atoms with E-state index in [0.29, 0.717) is 6.54 Å². The molecule has 2 amide bonds. The number of carbonyl (C=O) groups is 1. The molecule has 0 spiro atoms. The lowest BCUT2D eigenvalue weighted by molar-refractivity contribution is 0.237. The monoisotopic (exact) mass is 181 g/mol. The van der Waals surface area contributed by atoms with Crippen LogP contribution in [0.4, 0.5) is 4.79 Å². The van der Waals surface area contributed by atoms with Crippen LogP contribution in [0.1, 0.15) is 26.2 Å². The molecule has 1 fully saturated rings. The molecule has 2 N–H and O–H groups in total. The highest BCUT2D eigenvalue weighted by Crippen LogP contribution is 2.24. The van der Waals surface area contributed by atoms with Gasteiger partial charge in [0.1, 0.15) is 0 Å². The van der Waals surface area contributed by atoms with Crippen molar-refractivity contribution >= 4 is 6.03 Å². The van der Waals surface area contributed by atoms with Crippen LogP contribution in [-0.2, 0) is 0 Å². The van der Waals surface area contributed by atoms with Crippen LogP contribution >= 0.6 is 0 Å². The first kappa shape index (κ1) is 9.85. The average Bonchev–Trinajstić information content (AvgIpc) is 2.52. The third-order valence-electron chi connectivity index (χ3n) is 2.29. The molecule has 72 valence electrons. The molecule has 0 heterocycles. The zero-order valence-electron chi connectivity index (χ0n) is 7.84. The summed E-state index contributed by atoms with van der Waals surface area (Å²) in [4.78, 5) is 11.1. The normalized spacial score (nSPS) is 26.5. The SMILES string of the molecule is CCNC(=O)NC1CCC(C#N)C1. The quantitative estimate of drug-likeness (QED) is 0.667. The second kappa shape index (κ2) is 4.70. The smallest absolute Gasteiger partial charge is 0.314 e. The molecule has 0 saturated heterocycles. The van der Waals surface area contributed by atoms with Gasteiger partial charge < -0.3 is 10.6 Å². The van der Waals surface area contributed by atoms with Crippen molar-refractivity contribution in [2.45, 2.75) is 32.2 Å². The van der Waals surface area contributed by atoms with Crippen molar-refractivity contribution in [3.8, 4) is 6.07 Å². The standard InChI is InChI=1S/C9H15N3O/c1-2-11-9(13)12-8-4-3-7(5-8)6-10/h7-8H,2-5H2,1H3,(H2,11,12,13). The lowest BCUT2D eigenvalue weighted by atomic mass is 10.1. The number of nitrogens with zero attached hydrogens (tertiary/aromatic N) is 1. The Bertz CT molecular complexity index is 221. The first-order chi connectivity index (χ1) is 6.26. The Hall–Kier alpha value is -1.24. The molecular formula is C9H15N3O. The number of hydrogen-bond acceptors (Lipinski definition) is 2. The minimum atomic E-state index is -0.119. The zero-order valence-corrected chi connectivity index (χ0v) is 7.84. The van der Waals surface area contributed by atoms with Gasteiger partial charge in [-0.05, 0) is 26.2 Å². The van der Waals surface area contributed by atoms with Crippen LogP contribution in [0.3, 0.4) is 0 Å². The van der Waals surface area contributed by atoms with E-state index >= 15 is 0 Å². The van der Waals surface area contributed by atoms with Crippen molar-refractivity contribution < 1.29 is 4.79 Å². The third-order valence-corrected chi connectivity index (χ3v) is 2.29. The predicted molar refractivity (Wildman–Crippen MR) is 49.0 cm³/mol. The summed E-state index contributed by atoms with van der Waals surface area (Å²) < 4.78 is 0. The molecule has 1 aliphatic carbocycles. The summed E-state index contributed by atoms with van der Waals surface area (Å²) in [5, 5.41) is 14.2. The largest absolute Gasteiger partial charge is 0.338 e. The molecule has 2 atom stereocenters. The van der Waals surface area contributed by atoms with Crippen LogP contribution in [0.15, 0.2) is 0 Å². The Kier molecular flexibility index (Phi) is 3.56. The maximum atomic E-state index is 11.1. The van der Waals surface area contributed by atoms with Gasteiger partial charge in [-0.15, -0.1) is 0 Å². The molecule has 0 aliphatic heterocycles. The summed E-state index contributed by atoms with van der Waals surface area (Å²) in [6.07, 6.45) is 2.64. The average molecular weight is 181 g/mol. The highest BCUT2D eigenvalue weighted by atomic mass is 16.2. The molecule has 0 aromatic heterocycles. The molecule has 2 unspecified atom stereocenters. The van der Waals surface area contributed by atoms with Crippen molar-refractivity contribution in [1.29, 1.82) is 5.26 Å². The minimum Gasteiger partial charge on any atom is -0.338 e. The third kappa shape index (κ3) is 2.94. The van der Waals surface area contributed by atoms with Crippen molar-refractivity contribution in [2.24, 2.45) is 5.92 Å². The Balaban J connectivity index is 2.24. The number of hydrogen-bond donors (Lipinski definition) is 2. The predicted octanol–water partition coefficient (Wildman–Crippen LogP) is 0.998. The molecular weight excluding hydrogens is 166 g/mol. The van der Waals surface area contributed by atoms with Crippen LogP contribution in [0.2, 0.25) is 0 Å². The molecule has 1 saturated carbocycles. The van der Waals surface area contributed by atoms with Gasteiger partial charge in [0, 0.05) is 18.5 Å². The highest BCUT2D eigenvalue weighted by molar-refractivity contribution is 5.74. The summed E-state index contributed by atoms with van der Waals surface area (Å²) in [5.74, 6) is 0.131. The maximum absolute atomic E-state index is 11.1. The van der Waals surface area contributed by atoms with E-state index in [4.69, 9.17) is 5.26 Å². The molecule has 1 aliphatic rings. The Labute approximate surface area is 78.3 Å². The van der Waals surface area contributed by atoms with Gasteiger partial charge in [0.25, 0.3) is 0 Å². The summed E-state index contributed by atoms with van der Waals surface area (Å²) in [7, 11) is 0. The van der Waals surface area contributed by atoms with Gasteiger partial charge in [0.15, 0.2) is 0 Å². The highest BCUT2D eigenvalue weighted by Gasteiger charge is 2.25. The zero-order chi connectivity index (χ0) is 9.68. The molecule has 0 aromatic carbocycles. The van der Waals surface area contributed by atoms with Crippen molar-refractivity contribution in [3.63, 3.8) is 0 Å². The second-order valence-electron chi connectivity index (χ2n) is 3.34. The van der Waals surface area contributed by atoms with Crippen molar-refractivity contribution in [1.82, 2.24) is 10.6 Å². The fourth-order valence-corrected chi connectivity index (χ4v) is 1.63. The van der Waals surface area contributed by atoms with E-state index in [0.717, 1.165) is 19.3 Å². The van der Waals surface area contributed by atoms with E-state index in [1.54, 1.807) is 0 Å². The molecule has 13 heavy (non-hydrogen) atoms. The van der Waals surface area contributed by atoms with Crippen LogP contribution < -0.4 is 10.6 Å². The van der Waals surface area contributed by atoms with Gasteiger partial charge in [0.2, 0.25) is 0 Å². The fourth-order valence-electron chi connectivity index (χ4n) is 1.63. The van der Waals surface area contributed by atoms with Gasteiger partial charge in [-0.3, -0.25) is 0 Å². The lowest BCUT2D eigenvalue weighted by Gasteiger charge is -2.11. The topological polar surface area (TPSA) is 64.9 Å². The number of urea groups is 1. The lowest BCUT2D eigenvalue weighted by Crippen LogP contribution is -2.40. The van der Waals surface area contributed by atoms with E-state index in [1.807, 2.05) is 6.92 Å². The Morgan fingerprint density at radius 2 is 2.38 bits per heavy atom. The van der Waals surface area contributed by atoms with Gasteiger partial charge in [-0.25, -0.2) is 4.79 Å². The second-order valence-corrected chi connectivity index (χ2v) is 3.34. The maximum Gasteiger partial charge on any atom is 0.314 e. The first-order valence-corrected chi connectivity index (χ1v) is 4.70. The number of nitriles is 1. The molecule has 0 aromatic rings. The number of nitrogens with one attached hydrogen (secondary N) is 2. The van der Waals surface area contributed by atoms with Gasteiger partial charge in [0.05, 0.1) is 6.07 Å². The fraction of sp³-hybridized carbons (Fsp3) is 0.778. The molecule has 1 rings (SSSR count). The van der Waals surface area contributed by atoms with Gasteiger partial charge in [-0.2, -0.15) is 5.26 Å². The molecule has 0 bridgehead atoms. The van der Waals surface area contributed by atoms with Crippen LogP contribution in [0.25, 0.3) is 0 Å². The minimum absolute atomic E-state index is 0.119. The van der Waals surface area contributed by atoms with Crippen LogP contribution in [0, 0.1) is 17.2 Å². The Morgan fingerprint density at radius 1 is 1.62 bits per heavy atom.